The van der Waals surface area contributed by atoms with Gasteiger partial charge in [0.1, 0.15) is 17.6 Å². The lowest BCUT2D eigenvalue weighted by atomic mass is 9.95. The maximum atomic E-state index is 12.0. The van der Waals surface area contributed by atoms with E-state index in [2.05, 4.69) is 0 Å². The van der Waals surface area contributed by atoms with E-state index in [1.165, 1.54) is 0 Å². The molecule has 1 aliphatic rings. The Hall–Kier alpha value is -2.69. The topological polar surface area (TPSA) is 66.8 Å². The van der Waals surface area contributed by atoms with E-state index in [0.717, 1.165) is 5.57 Å². The van der Waals surface area contributed by atoms with E-state index in [1.807, 2.05) is 67.7 Å². The van der Waals surface area contributed by atoms with Gasteiger partial charge in [0, 0.05) is 26.4 Å². The molecular formula is C25H32O4. The average Bonchev–Trinajstić information content (AvgIpc) is 2.71. The number of carbonyl (C=O) groups is 1. The van der Waals surface area contributed by atoms with Crippen LogP contribution < -0.4 is 0 Å². The number of methoxy groups -OCH3 is 1. The van der Waals surface area contributed by atoms with Gasteiger partial charge in [0.05, 0.1) is 6.10 Å². The van der Waals surface area contributed by atoms with Crippen molar-refractivity contribution < 1.29 is 19.7 Å². The van der Waals surface area contributed by atoms with Crippen LogP contribution >= 0.6 is 0 Å². The van der Waals surface area contributed by atoms with Crippen molar-refractivity contribution >= 4 is 5.78 Å². The van der Waals surface area contributed by atoms with Gasteiger partial charge in [-0.3, -0.25) is 4.79 Å². The minimum Gasteiger partial charge on any atom is -0.510 e. The third kappa shape index (κ3) is 11.7. The van der Waals surface area contributed by atoms with Gasteiger partial charge >= 0.3 is 0 Å². The Labute approximate surface area is 174 Å². The zero-order chi connectivity index (χ0) is 21.3. The highest BCUT2D eigenvalue weighted by Gasteiger charge is 2.19. The molecule has 0 fully saturated rings. The second-order valence-corrected chi connectivity index (χ2v) is 6.59. The Morgan fingerprint density at radius 2 is 1.69 bits per heavy atom. The number of hydrogen-bond acceptors (Lipinski definition) is 4. The predicted molar refractivity (Wildman–Crippen MR) is 120 cm³/mol. The SMILES string of the molecule is CC=CC=CC=CC=CC=CC=CC(O)CC(=O)CC=C1CC=C(O)C(OC)C1. The summed E-state index contributed by atoms with van der Waals surface area (Å²) in [6.45, 7) is 1.97. The number of allylic oxidation sites excluding steroid dienone is 13. The molecule has 0 saturated carbocycles. The van der Waals surface area contributed by atoms with E-state index in [0.29, 0.717) is 12.8 Å². The van der Waals surface area contributed by atoms with E-state index < -0.39 is 6.10 Å². The van der Waals surface area contributed by atoms with Crippen LogP contribution in [0.2, 0.25) is 0 Å². The summed E-state index contributed by atoms with van der Waals surface area (Å²) in [6.07, 6.45) is 26.5. The molecule has 0 heterocycles. The maximum absolute atomic E-state index is 12.0. The van der Waals surface area contributed by atoms with Crippen LogP contribution in [0.4, 0.5) is 0 Å². The number of aliphatic hydroxyl groups is 2. The third-order valence-electron chi connectivity index (χ3n) is 4.22. The quantitative estimate of drug-likeness (QED) is 0.371. The minimum absolute atomic E-state index is 0.0256. The summed E-state index contributed by atoms with van der Waals surface area (Å²) >= 11 is 0. The van der Waals surface area contributed by atoms with E-state index in [4.69, 9.17) is 4.74 Å². The zero-order valence-electron chi connectivity index (χ0n) is 17.3. The summed E-state index contributed by atoms with van der Waals surface area (Å²) in [4.78, 5) is 12.0. The van der Waals surface area contributed by atoms with Gasteiger partial charge in [-0.05, 0) is 19.4 Å². The molecule has 0 radical (unpaired) electrons. The fraction of sp³-hybridized carbons (Fsp3) is 0.320. The Morgan fingerprint density at radius 1 is 1.10 bits per heavy atom. The smallest absolute Gasteiger partial charge is 0.139 e. The lowest BCUT2D eigenvalue weighted by molar-refractivity contribution is -0.119. The predicted octanol–water partition coefficient (Wildman–Crippen LogP) is 5.23. The van der Waals surface area contributed by atoms with Gasteiger partial charge in [-0.15, -0.1) is 0 Å². The van der Waals surface area contributed by atoms with Crippen LogP contribution in [0.1, 0.15) is 32.6 Å². The zero-order valence-corrected chi connectivity index (χ0v) is 17.3. The first-order valence-corrected chi connectivity index (χ1v) is 9.82. The van der Waals surface area contributed by atoms with Crippen LogP contribution in [0.15, 0.2) is 96.4 Å². The average molecular weight is 397 g/mol. The molecule has 0 bridgehead atoms. The van der Waals surface area contributed by atoms with Crippen molar-refractivity contribution in [3.63, 3.8) is 0 Å². The number of aliphatic hydroxyl groups excluding tert-OH is 2. The molecule has 1 rings (SSSR count). The molecule has 0 spiro atoms. The molecule has 0 aliphatic heterocycles. The van der Waals surface area contributed by atoms with Crippen molar-refractivity contribution in [3.8, 4) is 0 Å². The largest absolute Gasteiger partial charge is 0.510 e. The number of hydrogen-bond donors (Lipinski definition) is 2. The fourth-order valence-corrected chi connectivity index (χ4v) is 2.62. The van der Waals surface area contributed by atoms with Crippen molar-refractivity contribution in [2.45, 2.75) is 44.8 Å². The van der Waals surface area contributed by atoms with Crippen molar-refractivity contribution in [3.05, 3.63) is 96.4 Å². The number of carbonyl (C=O) groups excluding carboxylic acids is 1. The van der Waals surface area contributed by atoms with Gasteiger partial charge < -0.3 is 14.9 Å². The molecule has 2 unspecified atom stereocenters. The van der Waals surface area contributed by atoms with Crippen molar-refractivity contribution in [2.24, 2.45) is 0 Å². The Morgan fingerprint density at radius 3 is 2.28 bits per heavy atom. The first-order chi connectivity index (χ1) is 14.1. The van der Waals surface area contributed by atoms with E-state index >= 15 is 0 Å². The van der Waals surface area contributed by atoms with E-state index in [9.17, 15) is 15.0 Å². The summed E-state index contributed by atoms with van der Waals surface area (Å²) in [5, 5.41) is 19.6. The Bertz CT molecular complexity index is 730. The second kappa shape index (κ2) is 15.3. The van der Waals surface area contributed by atoms with Crippen LogP contribution in [0, 0.1) is 0 Å². The lowest BCUT2D eigenvalue weighted by Gasteiger charge is -2.21. The number of ketones is 1. The number of rotatable bonds is 11. The van der Waals surface area contributed by atoms with Gasteiger partial charge in [0.15, 0.2) is 0 Å². The molecule has 0 aromatic carbocycles. The van der Waals surface area contributed by atoms with Gasteiger partial charge in [-0.1, -0.05) is 84.6 Å². The first-order valence-electron chi connectivity index (χ1n) is 9.82. The van der Waals surface area contributed by atoms with Crippen LogP contribution in [-0.2, 0) is 9.53 Å². The van der Waals surface area contributed by atoms with E-state index in [1.54, 1.807) is 31.4 Å². The summed E-state index contributed by atoms with van der Waals surface area (Å²) in [6, 6.07) is 0. The highest BCUT2D eigenvalue weighted by Crippen LogP contribution is 2.24. The van der Waals surface area contributed by atoms with Crippen LogP contribution in [0.25, 0.3) is 0 Å². The highest BCUT2D eigenvalue weighted by molar-refractivity contribution is 5.80. The van der Waals surface area contributed by atoms with Gasteiger partial charge in [0.25, 0.3) is 0 Å². The molecule has 0 aromatic heterocycles. The summed E-state index contributed by atoms with van der Waals surface area (Å²) in [7, 11) is 1.55. The summed E-state index contributed by atoms with van der Waals surface area (Å²) < 4.78 is 5.20. The molecule has 0 saturated heterocycles. The first kappa shape index (κ1) is 24.3. The summed E-state index contributed by atoms with van der Waals surface area (Å²) in [5.41, 5.74) is 1.06. The Balaban J connectivity index is 2.32. The van der Waals surface area contributed by atoms with Gasteiger partial charge in [0.2, 0.25) is 0 Å². The number of Topliss-reactive ketones (excluding diaryl/α,β-unsaturated/α-hetero) is 1. The standard InChI is InChI=1S/C25H32O4/c1-3-4-5-6-7-8-9-10-11-12-13-14-22(26)20-23(27)17-15-21-16-18-24(28)25(19-21)29-2/h3-15,18,22,25-26,28H,16-17,19-20H2,1-2H3. The van der Waals surface area contributed by atoms with Gasteiger partial charge in [-0.25, -0.2) is 0 Å². The molecule has 2 atom stereocenters. The van der Waals surface area contributed by atoms with Crippen molar-refractivity contribution in [1.29, 1.82) is 0 Å². The molecule has 0 aromatic rings. The van der Waals surface area contributed by atoms with Crippen molar-refractivity contribution in [1.82, 2.24) is 0 Å². The monoisotopic (exact) mass is 396 g/mol. The molecule has 4 nitrogen and oxygen atoms in total. The molecule has 1 aliphatic carbocycles. The fourth-order valence-electron chi connectivity index (χ4n) is 2.62. The molecule has 2 N–H and O–H groups in total. The van der Waals surface area contributed by atoms with Gasteiger partial charge in [-0.2, -0.15) is 0 Å². The Kier molecular flexibility index (Phi) is 12.8. The van der Waals surface area contributed by atoms with Crippen molar-refractivity contribution in [2.75, 3.05) is 7.11 Å². The molecular weight excluding hydrogens is 364 g/mol. The van der Waals surface area contributed by atoms with Crippen LogP contribution in [0.5, 0.6) is 0 Å². The van der Waals surface area contributed by atoms with E-state index in [-0.39, 0.29) is 30.5 Å². The van der Waals surface area contributed by atoms with Crippen LogP contribution in [0.3, 0.4) is 0 Å². The second-order valence-electron chi connectivity index (χ2n) is 6.59. The summed E-state index contributed by atoms with van der Waals surface area (Å²) in [5.74, 6) is 0.221. The highest BCUT2D eigenvalue weighted by atomic mass is 16.5. The lowest BCUT2D eigenvalue weighted by Crippen LogP contribution is -2.18. The third-order valence-corrected chi connectivity index (χ3v) is 4.22. The molecule has 0 amide bonds. The minimum atomic E-state index is -0.798. The number of ether oxygens (including phenoxy) is 1. The normalized spacial score (nSPS) is 21.0. The van der Waals surface area contributed by atoms with Crippen LogP contribution in [-0.4, -0.2) is 35.3 Å². The molecule has 4 heteroatoms. The molecule has 156 valence electrons. The molecule has 29 heavy (non-hydrogen) atoms. The maximum Gasteiger partial charge on any atom is 0.139 e.